The minimum atomic E-state index is -0.542. The van der Waals surface area contributed by atoms with Crippen LogP contribution in [0.3, 0.4) is 0 Å². The molecule has 8 aromatic carbocycles. The molecule has 2 aromatic heterocycles. The van der Waals surface area contributed by atoms with Crippen molar-refractivity contribution in [2.75, 3.05) is 0 Å². The van der Waals surface area contributed by atoms with Crippen LogP contribution in [-0.4, -0.2) is 15.0 Å². The molecule has 4 nitrogen and oxygen atoms in total. The Balaban J connectivity index is 1.14. The first kappa shape index (κ1) is 32.0. The Labute approximate surface area is 324 Å². The van der Waals surface area contributed by atoms with Gasteiger partial charge >= 0.3 is 0 Å². The standard InChI is InChI=1S/C52H33N3O/c1-4-15-34(16-5-1)35-17-14-18-36(31-35)49-53-50(55-51(54-49)38-28-30-44-43-24-11-13-26-47(43)56-48(44)33-38)37-27-29-42-41-23-10-12-25-45(41)52(46(42)32-37,39-19-6-2-7-20-39)40-21-8-3-9-22-40/h1-33H. The third-order valence-corrected chi connectivity index (χ3v) is 11.2. The molecule has 4 heteroatoms. The first-order chi connectivity index (χ1) is 27.7. The van der Waals surface area contributed by atoms with Crippen LogP contribution in [0.4, 0.5) is 0 Å². The Bertz CT molecular complexity index is 3040. The van der Waals surface area contributed by atoms with Crippen molar-refractivity contribution in [3.8, 4) is 56.4 Å². The van der Waals surface area contributed by atoms with Crippen LogP contribution in [0.2, 0.25) is 0 Å². The van der Waals surface area contributed by atoms with Crippen molar-refractivity contribution in [1.29, 1.82) is 0 Å². The largest absolute Gasteiger partial charge is 0.456 e. The van der Waals surface area contributed by atoms with E-state index in [1.54, 1.807) is 0 Å². The molecule has 0 saturated heterocycles. The summed E-state index contributed by atoms with van der Waals surface area (Å²) in [6.07, 6.45) is 0. The summed E-state index contributed by atoms with van der Waals surface area (Å²) < 4.78 is 6.33. The molecule has 0 amide bonds. The van der Waals surface area contributed by atoms with Gasteiger partial charge in [0, 0.05) is 27.5 Å². The number of nitrogens with zero attached hydrogens (tertiary/aromatic N) is 3. The van der Waals surface area contributed by atoms with E-state index in [4.69, 9.17) is 19.4 Å². The number of hydrogen-bond acceptors (Lipinski definition) is 4. The maximum Gasteiger partial charge on any atom is 0.164 e. The van der Waals surface area contributed by atoms with Crippen LogP contribution in [0.5, 0.6) is 0 Å². The molecule has 0 bridgehead atoms. The van der Waals surface area contributed by atoms with E-state index in [1.807, 2.05) is 30.3 Å². The minimum Gasteiger partial charge on any atom is -0.456 e. The van der Waals surface area contributed by atoms with Gasteiger partial charge in [0.25, 0.3) is 0 Å². The first-order valence-corrected chi connectivity index (χ1v) is 18.9. The van der Waals surface area contributed by atoms with Gasteiger partial charge in [0.2, 0.25) is 0 Å². The number of rotatable bonds is 6. The molecule has 262 valence electrons. The van der Waals surface area contributed by atoms with E-state index >= 15 is 0 Å². The summed E-state index contributed by atoms with van der Waals surface area (Å²) in [7, 11) is 0. The predicted molar refractivity (Wildman–Crippen MR) is 226 cm³/mol. The Kier molecular flexibility index (Phi) is 7.36. The summed E-state index contributed by atoms with van der Waals surface area (Å²) in [5, 5.41) is 2.15. The van der Waals surface area contributed by atoms with E-state index < -0.39 is 5.41 Å². The van der Waals surface area contributed by atoms with Gasteiger partial charge in [0.05, 0.1) is 5.41 Å². The van der Waals surface area contributed by atoms with E-state index in [-0.39, 0.29) is 0 Å². The van der Waals surface area contributed by atoms with Crippen LogP contribution < -0.4 is 0 Å². The average molecular weight is 716 g/mol. The fraction of sp³-hybridized carbons (Fsp3) is 0.0192. The average Bonchev–Trinajstić information content (AvgIpc) is 3.80. The molecule has 1 aliphatic rings. The van der Waals surface area contributed by atoms with Crippen molar-refractivity contribution in [1.82, 2.24) is 15.0 Å². The molecule has 56 heavy (non-hydrogen) atoms. The second kappa shape index (κ2) is 12.9. The van der Waals surface area contributed by atoms with Gasteiger partial charge < -0.3 is 4.42 Å². The number of furan rings is 1. The highest BCUT2D eigenvalue weighted by atomic mass is 16.3. The van der Waals surface area contributed by atoms with Crippen LogP contribution in [-0.2, 0) is 5.41 Å². The van der Waals surface area contributed by atoms with Crippen molar-refractivity contribution >= 4 is 21.9 Å². The lowest BCUT2D eigenvalue weighted by molar-refractivity contribution is 0.669. The van der Waals surface area contributed by atoms with Crippen LogP contribution in [0, 0.1) is 0 Å². The Morgan fingerprint density at radius 2 is 0.839 bits per heavy atom. The zero-order valence-corrected chi connectivity index (χ0v) is 30.3. The van der Waals surface area contributed by atoms with Gasteiger partial charge in [-0.3, -0.25) is 0 Å². The molecule has 0 N–H and O–H groups in total. The fourth-order valence-corrected chi connectivity index (χ4v) is 8.68. The lowest BCUT2D eigenvalue weighted by Crippen LogP contribution is -2.28. The van der Waals surface area contributed by atoms with Crippen molar-refractivity contribution in [3.63, 3.8) is 0 Å². The molecule has 0 atom stereocenters. The highest BCUT2D eigenvalue weighted by Crippen LogP contribution is 2.56. The third kappa shape index (κ3) is 5.04. The normalized spacial score (nSPS) is 12.8. The quantitative estimate of drug-likeness (QED) is 0.172. The number of fused-ring (bicyclic) bond motifs is 6. The minimum absolute atomic E-state index is 0.542. The molecule has 0 spiro atoms. The lowest BCUT2D eigenvalue weighted by Gasteiger charge is -2.34. The zero-order chi connectivity index (χ0) is 37.1. The smallest absolute Gasteiger partial charge is 0.164 e. The van der Waals surface area contributed by atoms with Gasteiger partial charge in [-0.1, -0.05) is 170 Å². The highest BCUT2D eigenvalue weighted by Gasteiger charge is 2.46. The van der Waals surface area contributed by atoms with E-state index in [1.165, 1.54) is 33.4 Å². The van der Waals surface area contributed by atoms with Crippen LogP contribution in [0.25, 0.3) is 78.4 Å². The topological polar surface area (TPSA) is 51.8 Å². The number of para-hydroxylation sites is 1. The molecule has 11 rings (SSSR count). The zero-order valence-electron chi connectivity index (χ0n) is 30.3. The van der Waals surface area contributed by atoms with Gasteiger partial charge in [0.15, 0.2) is 17.5 Å². The van der Waals surface area contributed by atoms with Crippen molar-refractivity contribution in [2.45, 2.75) is 5.41 Å². The van der Waals surface area contributed by atoms with E-state index in [0.29, 0.717) is 17.5 Å². The fourth-order valence-electron chi connectivity index (χ4n) is 8.68. The Hall–Kier alpha value is -7.43. The van der Waals surface area contributed by atoms with Crippen molar-refractivity contribution in [2.24, 2.45) is 0 Å². The second-order valence-electron chi connectivity index (χ2n) is 14.4. The van der Waals surface area contributed by atoms with E-state index in [2.05, 4.69) is 170 Å². The maximum atomic E-state index is 6.33. The van der Waals surface area contributed by atoms with Crippen LogP contribution >= 0.6 is 0 Å². The molecule has 0 radical (unpaired) electrons. The van der Waals surface area contributed by atoms with Gasteiger partial charge in [-0.15, -0.1) is 0 Å². The number of hydrogen-bond donors (Lipinski definition) is 0. The monoisotopic (exact) mass is 715 g/mol. The number of benzene rings is 8. The maximum absolute atomic E-state index is 6.33. The summed E-state index contributed by atoms with van der Waals surface area (Å²) >= 11 is 0. The molecule has 10 aromatic rings. The molecular formula is C52H33N3O. The van der Waals surface area contributed by atoms with Crippen molar-refractivity contribution < 1.29 is 4.42 Å². The summed E-state index contributed by atoms with van der Waals surface area (Å²) in [6.45, 7) is 0. The summed E-state index contributed by atoms with van der Waals surface area (Å²) in [4.78, 5) is 15.7. The molecule has 0 saturated carbocycles. The number of aromatic nitrogens is 3. The molecule has 2 heterocycles. The van der Waals surface area contributed by atoms with Crippen LogP contribution in [0.15, 0.2) is 205 Å². The third-order valence-electron chi connectivity index (χ3n) is 11.2. The van der Waals surface area contributed by atoms with Gasteiger partial charge in [-0.2, -0.15) is 0 Å². The van der Waals surface area contributed by atoms with Gasteiger partial charge in [0.1, 0.15) is 11.2 Å². The second-order valence-corrected chi connectivity index (χ2v) is 14.4. The molecule has 0 unspecified atom stereocenters. The van der Waals surface area contributed by atoms with E-state index in [9.17, 15) is 0 Å². The Morgan fingerprint density at radius 1 is 0.321 bits per heavy atom. The van der Waals surface area contributed by atoms with Crippen molar-refractivity contribution in [3.05, 3.63) is 222 Å². The van der Waals surface area contributed by atoms with E-state index in [0.717, 1.165) is 49.8 Å². The molecule has 0 fully saturated rings. The van der Waals surface area contributed by atoms with Gasteiger partial charge in [-0.05, 0) is 74.8 Å². The first-order valence-electron chi connectivity index (χ1n) is 18.9. The molecule has 1 aliphatic carbocycles. The summed E-state index contributed by atoms with van der Waals surface area (Å²) in [6, 6.07) is 70.5. The SMILES string of the molecule is c1ccc(-c2cccc(-c3nc(-c4ccc5c(c4)C(c4ccccc4)(c4ccccc4)c4ccccc4-5)nc(-c4ccc5c(c4)oc4ccccc45)n3)c2)cc1. The summed E-state index contributed by atoms with van der Waals surface area (Å²) in [5.74, 6) is 1.79. The van der Waals surface area contributed by atoms with Crippen LogP contribution in [0.1, 0.15) is 22.3 Å². The summed E-state index contributed by atoms with van der Waals surface area (Å²) in [5.41, 5.74) is 13.4. The lowest BCUT2D eigenvalue weighted by atomic mass is 9.67. The van der Waals surface area contributed by atoms with Gasteiger partial charge in [-0.25, -0.2) is 15.0 Å². The highest BCUT2D eigenvalue weighted by molar-refractivity contribution is 6.05. The molecular weight excluding hydrogens is 683 g/mol. The molecule has 0 aliphatic heterocycles. The predicted octanol–water partition coefficient (Wildman–Crippen LogP) is 12.8. The Morgan fingerprint density at radius 3 is 1.57 bits per heavy atom.